The van der Waals surface area contributed by atoms with E-state index in [2.05, 4.69) is 24.1 Å². The summed E-state index contributed by atoms with van der Waals surface area (Å²) in [6.45, 7) is 12.1. The Morgan fingerprint density at radius 3 is 2.33 bits per heavy atom. The fraction of sp³-hybridized carbons (Fsp3) is 0.929. The lowest BCUT2D eigenvalue weighted by atomic mass is 9.95. The molecule has 0 rings (SSSR count). The van der Waals surface area contributed by atoms with Gasteiger partial charge in [0.15, 0.2) is 0 Å². The number of carboxylic acids is 1. The molecular weight excluding hydrogens is 228 g/mol. The molecule has 0 aromatic rings. The topological polar surface area (TPSA) is 52.6 Å². The summed E-state index contributed by atoms with van der Waals surface area (Å²) < 4.78 is 0. The summed E-state index contributed by atoms with van der Waals surface area (Å²) in [6.07, 6.45) is 3.90. The summed E-state index contributed by atoms with van der Waals surface area (Å²) in [5.41, 5.74) is -0.767. The van der Waals surface area contributed by atoms with Crippen molar-refractivity contribution in [2.24, 2.45) is 0 Å². The van der Waals surface area contributed by atoms with Gasteiger partial charge in [-0.25, -0.2) is 0 Å². The number of carbonyl (C=O) groups is 1. The third-order valence-corrected chi connectivity index (χ3v) is 3.43. The largest absolute Gasteiger partial charge is 0.480 e. The molecule has 0 aromatic heterocycles. The maximum Gasteiger partial charge on any atom is 0.323 e. The summed E-state index contributed by atoms with van der Waals surface area (Å²) in [5.74, 6) is -0.745. The number of unbranched alkanes of at least 4 members (excludes halogenated alkanes) is 1. The Labute approximate surface area is 112 Å². The second-order valence-electron chi connectivity index (χ2n) is 5.06. The fourth-order valence-electron chi connectivity index (χ4n) is 2.22. The molecule has 108 valence electrons. The van der Waals surface area contributed by atoms with E-state index in [9.17, 15) is 9.90 Å². The fourth-order valence-corrected chi connectivity index (χ4v) is 2.22. The first kappa shape index (κ1) is 17.4. The normalized spacial score (nSPS) is 14.7. The molecule has 0 heterocycles. The van der Waals surface area contributed by atoms with E-state index in [1.807, 2.05) is 6.92 Å². The number of rotatable bonds is 11. The van der Waals surface area contributed by atoms with Gasteiger partial charge in [-0.3, -0.25) is 4.79 Å². The van der Waals surface area contributed by atoms with Gasteiger partial charge in [0, 0.05) is 0 Å². The average Bonchev–Trinajstić information content (AvgIpc) is 2.33. The molecule has 4 nitrogen and oxygen atoms in total. The molecule has 0 amide bonds. The predicted octanol–water partition coefficient (Wildman–Crippen LogP) is 2.34. The number of nitrogens with one attached hydrogen (secondary N) is 1. The number of nitrogens with zero attached hydrogens (tertiary/aromatic N) is 1. The zero-order valence-corrected chi connectivity index (χ0v) is 12.5. The second kappa shape index (κ2) is 9.34. The van der Waals surface area contributed by atoms with E-state index in [-0.39, 0.29) is 0 Å². The van der Waals surface area contributed by atoms with Gasteiger partial charge in [0.25, 0.3) is 0 Å². The van der Waals surface area contributed by atoms with Crippen LogP contribution in [0.15, 0.2) is 0 Å². The molecule has 0 bridgehead atoms. The van der Waals surface area contributed by atoms with Crippen LogP contribution in [-0.2, 0) is 4.79 Å². The van der Waals surface area contributed by atoms with E-state index in [4.69, 9.17) is 0 Å². The molecule has 0 saturated heterocycles. The van der Waals surface area contributed by atoms with Crippen LogP contribution in [0.5, 0.6) is 0 Å². The molecule has 0 radical (unpaired) electrons. The molecular formula is C14H30N2O2. The van der Waals surface area contributed by atoms with Gasteiger partial charge in [-0.1, -0.05) is 20.8 Å². The highest BCUT2D eigenvalue weighted by Gasteiger charge is 2.30. The van der Waals surface area contributed by atoms with Crippen molar-refractivity contribution < 1.29 is 9.90 Å². The van der Waals surface area contributed by atoms with Gasteiger partial charge in [-0.05, 0) is 58.8 Å². The Balaban J connectivity index is 3.96. The molecule has 0 fully saturated rings. The van der Waals surface area contributed by atoms with Crippen molar-refractivity contribution in [3.63, 3.8) is 0 Å². The van der Waals surface area contributed by atoms with Gasteiger partial charge in [0.2, 0.25) is 0 Å². The van der Waals surface area contributed by atoms with Gasteiger partial charge in [0.1, 0.15) is 5.54 Å². The maximum atomic E-state index is 11.2. The van der Waals surface area contributed by atoms with E-state index in [1.54, 1.807) is 6.92 Å². The molecule has 0 saturated carbocycles. The smallest absolute Gasteiger partial charge is 0.323 e. The molecule has 0 spiro atoms. The van der Waals surface area contributed by atoms with Crippen LogP contribution < -0.4 is 5.32 Å². The minimum Gasteiger partial charge on any atom is -0.480 e. The zero-order chi connectivity index (χ0) is 14.0. The van der Waals surface area contributed by atoms with E-state index in [0.717, 1.165) is 32.5 Å². The lowest BCUT2D eigenvalue weighted by Gasteiger charge is -2.26. The molecule has 0 aliphatic carbocycles. The van der Waals surface area contributed by atoms with E-state index >= 15 is 0 Å². The van der Waals surface area contributed by atoms with Crippen LogP contribution in [0.25, 0.3) is 0 Å². The van der Waals surface area contributed by atoms with Crippen LogP contribution in [0.2, 0.25) is 0 Å². The lowest BCUT2D eigenvalue weighted by Crippen LogP contribution is -2.49. The number of aliphatic carboxylic acids is 1. The van der Waals surface area contributed by atoms with Crippen molar-refractivity contribution in [3.05, 3.63) is 0 Å². The molecule has 18 heavy (non-hydrogen) atoms. The van der Waals surface area contributed by atoms with E-state index in [1.165, 1.54) is 6.42 Å². The predicted molar refractivity (Wildman–Crippen MR) is 76.0 cm³/mol. The van der Waals surface area contributed by atoms with E-state index < -0.39 is 11.5 Å². The van der Waals surface area contributed by atoms with Crippen molar-refractivity contribution in [2.75, 3.05) is 26.2 Å². The number of likely N-dealkylation sites (N-methyl/N-ethyl adjacent to an activating group) is 1. The van der Waals surface area contributed by atoms with Gasteiger partial charge in [-0.2, -0.15) is 0 Å². The standard InChI is InChI=1S/C14H30N2O2/c1-5-11-16(7-3)12-9-8-10-14(4,13(17)18)15-6-2/h15H,5-12H2,1-4H3,(H,17,18). The van der Waals surface area contributed by atoms with Crippen LogP contribution in [0.1, 0.15) is 53.4 Å². The highest BCUT2D eigenvalue weighted by Crippen LogP contribution is 2.14. The summed E-state index contributed by atoms with van der Waals surface area (Å²) >= 11 is 0. The van der Waals surface area contributed by atoms with Crippen LogP contribution in [-0.4, -0.2) is 47.7 Å². The molecule has 2 N–H and O–H groups in total. The van der Waals surface area contributed by atoms with Crippen molar-refractivity contribution in [2.45, 2.75) is 58.9 Å². The molecule has 0 aromatic carbocycles. The second-order valence-corrected chi connectivity index (χ2v) is 5.06. The quantitative estimate of drug-likeness (QED) is 0.559. The van der Waals surface area contributed by atoms with Crippen LogP contribution in [0.4, 0.5) is 0 Å². The maximum absolute atomic E-state index is 11.2. The van der Waals surface area contributed by atoms with Crippen LogP contribution >= 0.6 is 0 Å². The summed E-state index contributed by atoms with van der Waals surface area (Å²) in [7, 11) is 0. The van der Waals surface area contributed by atoms with Crippen molar-refractivity contribution >= 4 is 5.97 Å². The molecule has 0 aliphatic heterocycles. The third-order valence-electron chi connectivity index (χ3n) is 3.43. The molecule has 4 heteroatoms. The minimum absolute atomic E-state index is 0.694. The molecule has 1 atom stereocenters. The Hall–Kier alpha value is -0.610. The Kier molecular flexibility index (Phi) is 9.02. The first-order valence-corrected chi connectivity index (χ1v) is 7.20. The van der Waals surface area contributed by atoms with Crippen molar-refractivity contribution in [1.29, 1.82) is 0 Å². The van der Waals surface area contributed by atoms with Gasteiger partial charge >= 0.3 is 5.97 Å². The highest BCUT2D eigenvalue weighted by molar-refractivity contribution is 5.78. The van der Waals surface area contributed by atoms with Crippen molar-refractivity contribution in [3.8, 4) is 0 Å². The van der Waals surface area contributed by atoms with Gasteiger partial charge in [0.05, 0.1) is 0 Å². The van der Waals surface area contributed by atoms with Gasteiger partial charge < -0.3 is 15.3 Å². The Morgan fingerprint density at radius 2 is 1.89 bits per heavy atom. The van der Waals surface area contributed by atoms with Crippen molar-refractivity contribution in [1.82, 2.24) is 10.2 Å². The number of hydrogen-bond acceptors (Lipinski definition) is 3. The first-order valence-electron chi connectivity index (χ1n) is 7.20. The summed E-state index contributed by atoms with van der Waals surface area (Å²) in [6, 6.07) is 0. The number of carboxylic acid groups (broad SMARTS) is 1. The average molecular weight is 258 g/mol. The highest BCUT2D eigenvalue weighted by atomic mass is 16.4. The SMILES string of the molecule is CCCN(CC)CCCCC(C)(NCC)C(=O)O. The monoisotopic (exact) mass is 258 g/mol. The van der Waals surface area contributed by atoms with Gasteiger partial charge in [-0.15, -0.1) is 0 Å². The first-order chi connectivity index (χ1) is 8.50. The third kappa shape index (κ3) is 6.36. The van der Waals surface area contributed by atoms with Crippen LogP contribution in [0.3, 0.4) is 0 Å². The summed E-state index contributed by atoms with van der Waals surface area (Å²) in [4.78, 5) is 13.6. The molecule has 1 unspecified atom stereocenters. The Bertz CT molecular complexity index is 234. The number of hydrogen-bond donors (Lipinski definition) is 2. The summed E-state index contributed by atoms with van der Waals surface area (Å²) in [5, 5.41) is 12.3. The Morgan fingerprint density at radius 1 is 1.22 bits per heavy atom. The van der Waals surface area contributed by atoms with E-state index in [0.29, 0.717) is 13.0 Å². The zero-order valence-electron chi connectivity index (χ0n) is 12.5. The lowest BCUT2D eigenvalue weighted by molar-refractivity contribution is -0.144. The van der Waals surface area contributed by atoms with Crippen LogP contribution in [0, 0.1) is 0 Å². The minimum atomic E-state index is -0.767. The molecule has 0 aliphatic rings.